The fraction of sp³-hybridized carbons (Fsp3) is 0.381. The van der Waals surface area contributed by atoms with Gasteiger partial charge in [-0.2, -0.15) is 0 Å². The molecule has 0 heterocycles. The van der Waals surface area contributed by atoms with Gasteiger partial charge in [0.05, 0.1) is 27.7 Å². The van der Waals surface area contributed by atoms with Crippen LogP contribution in [0.5, 0.6) is 5.75 Å². The molecule has 0 bridgehead atoms. The van der Waals surface area contributed by atoms with Crippen LogP contribution >= 0.6 is 23.2 Å². The molecular formula is C21H24Cl2N2O4S. The molecule has 1 fully saturated rings. The molecule has 162 valence electrons. The monoisotopic (exact) mass is 470 g/mol. The minimum Gasteiger partial charge on any atom is -0.495 e. The summed E-state index contributed by atoms with van der Waals surface area (Å²) in [6.07, 6.45) is 5.08. The van der Waals surface area contributed by atoms with E-state index in [2.05, 4.69) is 5.32 Å². The highest BCUT2D eigenvalue weighted by Gasteiger charge is 2.30. The van der Waals surface area contributed by atoms with E-state index in [4.69, 9.17) is 27.9 Å². The van der Waals surface area contributed by atoms with Gasteiger partial charge in [0.15, 0.2) is 0 Å². The van der Waals surface area contributed by atoms with Crippen LogP contribution in [0.1, 0.15) is 32.1 Å². The molecule has 1 N–H and O–H groups in total. The van der Waals surface area contributed by atoms with Gasteiger partial charge in [-0.3, -0.25) is 9.10 Å². The molecule has 0 radical (unpaired) electrons. The number of anilines is 1. The Labute approximate surface area is 187 Å². The van der Waals surface area contributed by atoms with Crippen LogP contribution in [0.15, 0.2) is 47.4 Å². The minimum atomic E-state index is -4.11. The van der Waals surface area contributed by atoms with E-state index >= 15 is 0 Å². The number of sulfonamides is 1. The van der Waals surface area contributed by atoms with Crippen LogP contribution in [0.25, 0.3) is 0 Å². The fourth-order valence-electron chi connectivity index (χ4n) is 3.55. The van der Waals surface area contributed by atoms with Crippen molar-refractivity contribution in [2.24, 2.45) is 0 Å². The Balaban J connectivity index is 1.96. The predicted molar refractivity (Wildman–Crippen MR) is 119 cm³/mol. The number of carbonyl (C=O) groups is 1. The van der Waals surface area contributed by atoms with Gasteiger partial charge in [0.25, 0.3) is 10.0 Å². The number of hydrogen-bond acceptors (Lipinski definition) is 4. The number of hydrogen-bond donors (Lipinski definition) is 1. The van der Waals surface area contributed by atoms with E-state index in [-0.39, 0.29) is 39.1 Å². The number of nitrogens with zero attached hydrogens (tertiary/aromatic N) is 1. The van der Waals surface area contributed by atoms with E-state index in [0.717, 1.165) is 36.4 Å². The van der Waals surface area contributed by atoms with E-state index in [1.807, 2.05) is 0 Å². The normalized spacial score (nSPS) is 14.9. The number of ether oxygens (including phenoxy) is 1. The van der Waals surface area contributed by atoms with Crippen molar-refractivity contribution in [2.75, 3.05) is 18.0 Å². The predicted octanol–water partition coefficient (Wildman–Crippen LogP) is 4.65. The summed E-state index contributed by atoms with van der Waals surface area (Å²) in [6.45, 7) is -0.376. The lowest BCUT2D eigenvalue weighted by molar-refractivity contribution is -0.120. The Bertz CT molecular complexity index is 1010. The zero-order valence-corrected chi connectivity index (χ0v) is 18.9. The molecule has 0 unspecified atom stereocenters. The van der Waals surface area contributed by atoms with Crippen LogP contribution < -0.4 is 14.4 Å². The standard InChI is InChI=1S/C21H24Cl2N2O4S/c1-29-20-10-6-5-9-19(20)25(14-21(26)24-15-7-3-2-4-8-15)30(27,28)16-11-12-17(22)18(23)13-16/h5-6,9-13,15H,2-4,7-8,14H2,1H3,(H,24,26). The quantitative estimate of drug-likeness (QED) is 0.638. The van der Waals surface area contributed by atoms with Crippen molar-refractivity contribution >= 4 is 44.8 Å². The molecule has 0 aliphatic heterocycles. The Morgan fingerprint density at radius 2 is 1.80 bits per heavy atom. The zero-order chi connectivity index (χ0) is 21.7. The largest absolute Gasteiger partial charge is 0.495 e. The number of benzene rings is 2. The maximum absolute atomic E-state index is 13.5. The van der Waals surface area contributed by atoms with E-state index in [1.165, 1.54) is 25.3 Å². The van der Waals surface area contributed by atoms with Crippen molar-refractivity contribution < 1.29 is 17.9 Å². The lowest BCUT2D eigenvalue weighted by atomic mass is 9.95. The first-order valence-corrected chi connectivity index (χ1v) is 11.9. The molecule has 1 saturated carbocycles. The molecule has 1 aliphatic rings. The number of methoxy groups -OCH3 is 1. The average molecular weight is 471 g/mol. The summed E-state index contributed by atoms with van der Waals surface area (Å²) in [5.41, 5.74) is 0.268. The molecule has 3 rings (SSSR count). The third-order valence-corrected chi connectivity index (χ3v) is 7.59. The summed E-state index contributed by atoms with van der Waals surface area (Å²) in [7, 11) is -2.66. The molecule has 1 amide bonds. The van der Waals surface area contributed by atoms with Crippen molar-refractivity contribution in [3.63, 3.8) is 0 Å². The van der Waals surface area contributed by atoms with Crippen LogP contribution in [0.3, 0.4) is 0 Å². The van der Waals surface area contributed by atoms with Crippen LogP contribution in [0.2, 0.25) is 10.0 Å². The first kappa shape index (κ1) is 22.7. The summed E-state index contributed by atoms with van der Waals surface area (Å²) < 4.78 is 33.4. The highest BCUT2D eigenvalue weighted by molar-refractivity contribution is 7.92. The second-order valence-corrected chi connectivity index (χ2v) is 9.84. The maximum atomic E-state index is 13.5. The first-order chi connectivity index (χ1) is 14.3. The SMILES string of the molecule is COc1ccccc1N(CC(=O)NC1CCCCC1)S(=O)(=O)c1ccc(Cl)c(Cl)c1. The zero-order valence-electron chi connectivity index (χ0n) is 16.6. The molecule has 2 aromatic carbocycles. The van der Waals surface area contributed by atoms with Gasteiger partial charge in [-0.1, -0.05) is 54.6 Å². The van der Waals surface area contributed by atoms with Gasteiger partial charge in [-0.25, -0.2) is 8.42 Å². The number of para-hydroxylation sites is 2. The fourth-order valence-corrected chi connectivity index (χ4v) is 5.37. The van der Waals surface area contributed by atoms with Gasteiger partial charge in [0, 0.05) is 6.04 Å². The Hall–Kier alpha value is -1.96. The highest BCUT2D eigenvalue weighted by Crippen LogP contribution is 2.34. The number of amides is 1. The second kappa shape index (κ2) is 9.90. The van der Waals surface area contributed by atoms with Crippen LogP contribution in [-0.2, 0) is 14.8 Å². The molecule has 0 aromatic heterocycles. The van der Waals surface area contributed by atoms with Crippen molar-refractivity contribution in [3.8, 4) is 5.75 Å². The molecule has 0 atom stereocenters. The van der Waals surface area contributed by atoms with Crippen LogP contribution in [0.4, 0.5) is 5.69 Å². The number of carbonyl (C=O) groups excluding carboxylic acids is 1. The van der Waals surface area contributed by atoms with E-state index in [0.29, 0.717) is 5.75 Å². The third-order valence-electron chi connectivity index (χ3n) is 5.09. The van der Waals surface area contributed by atoms with E-state index in [9.17, 15) is 13.2 Å². The highest BCUT2D eigenvalue weighted by atomic mass is 35.5. The van der Waals surface area contributed by atoms with Crippen LogP contribution in [-0.4, -0.2) is 34.0 Å². The topological polar surface area (TPSA) is 75.7 Å². The molecular weight excluding hydrogens is 447 g/mol. The molecule has 1 aliphatic carbocycles. The Kier molecular flexibility index (Phi) is 7.50. The summed E-state index contributed by atoms with van der Waals surface area (Å²) in [5.74, 6) is -0.0250. The Morgan fingerprint density at radius 1 is 1.10 bits per heavy atom. The molecule has 30 heavy (non-hydrogen) atoms. The summed E-state index contributed by atoms with van der Waals surface area (Å²) in [6, 6.07) is 10.8. The van der Waals surface area contributed by atoms with Crippen molar-refractivity contribution in [1.82, 2.24) is 5.32 Å². The average Bonchev–Trinajstić information content (AvgIpc) is 2.74. The van der Waals surface area contributed by atoms with Gasteiger partial charge in [-0.15, -0.1) is 0 Å². The first-order valence-electron chi connectivity index (χ1n) is 9.73. The molecule has 2 aromatic rings. The van der Waals surface area contributed by atoms with Gasteiger partial charge < -0.3 is 10.1 Å². The van der Waals surface area contributed by atoms with Gasteiger partial charge in [0.2, 0.25) is 5.91 Å². The second-order valence-electron chi connectivity index (χ2n) is 7.16. The minimum absolute atomic E-state index is 0.0618. The van der Waals surface area contributed by atoms with Gasteiger partial charge in [-0.05, 0) is 43.2 Å². The smallest absolute Gasteiger partial charge is 0.264 e. The summed E-state index contributed by atoms with van der Waals surface area (Å²) >= 11 is 12.0. The van der Waals surface area contributed by atoms with Gasteiger partial charge >= 0.3 is 0 Å². The summed E-state index contributed by atoms with van der Waals surface area (Å²) in [4.78, 5) is 12.7. The molecule has 9 heteroatoms. The molecule has 0 spiro atoms. The Morgan fingerprint density at radius 3 is 2.47 bits per heavy atom. The van der Waals surface area contributed by atoms with E-state index in [1.54, 1.807) is 24.3 Å². The van der Waals surface area contributed by atoms with Crippen LogP contribution in [0, 0.1) is 0 Å². The lowest BCUT2D eigenvalue weighted by Crippen LogP contribution is -2.45. The van der Waals surface area contributed by atoms with E-state index < -0.39 is 10.0 Å². The molecule has 6 nitrogen and oxygen atoms in total. The number of nitrogens with one attached hydrogen (secondary N) is 1. The number of halogens is 2. The van der Waals surface area contributed by atoms with Crippen molar-refractivity contribution in [1.29, 1.82) is 0 Å². The maximum Gasteiger partial charge on any atom is 0.264 e. The third kappa shape index (κ3) is 5.20. The molecule has 0 saturated heterocycles. The van der Waals surface area contributed by atoms with Crippen molar-refractivity contribution in [3.05, 3.63) is 52.5 Å². The lowest BCUT2D eigenvalue weighted by Gasteiger charge is -2.28. The number of rotatable bonds is 7. The summed E-state index contributed by atoms with van der Waals surface area (Å²) in [5, 5.41) is 3.33. The van der Waals surface area contributed by atoms with Gasteiger partial charge in [0.1, 0.15) is 12.3 Å². The van der Waals surface area contributed by atoms with Crippen molar-refractivity contribution in [2.45, 2.75) is 43.0 Å².